The quantitative estimate of drug-likeness (QED) is 0.893. The fourth-order valence-corrected chi connectivity index (χ4v) is 2.63. The molecule has 3 rings (SSSR count). The molecule has 5 nitrogen and oxygen atoms in total. The minimum Gasteiger partial charge on any atom is -0.486 e. The minimum absolute atomic E-state index is 0. The molecule has 2 N–H and O–H groups in total. The Labute approximate surface area is 130 Å². The van der Waals surface area contributed by atoms with Gasteiger partial charge in [-0.25, -0.2) is 0 Å². The third-order valence-corrected chi connectivity index (χ3v) is 3.80. The Morgan fingerprint density at radius 2 is 2.10 bits per heavy atom. The Kier molecular flexibility index (Phi) is 5.31. The van der Waals surface area contributed by atoms with Crippen molar-refractivity contribution in [2.45, 2.75) is 31.8 Å². The predicted octanol–water partition coefficient (Wildman–Crippen LogP) is 1.81. The monoisotopic (exact) mass is 312 g/mol. The van der Waals surface area contributed by atoms with E-state index in [0.29, 0.717) is 13.2 Å². The van der Waals surface area contributed by atoms with Crippen molar-refractivity contribution in [3.63, 3.8) is 0 Å². The van der Waals surface area contributed by atoms with Gasteiger partial charge in [-0.15, -0.1) is 12.4 Å². The average molecular weight is 313 g/mol. The van der Waals surface area contributed by atoms with Crippen molar-refractivity contribution >= 4 is 18.3 Å². The summed E-state index contributed by atoms with van der Waals surface area (Å²) in [5.41, 5.74) is 1.03. The van der Waals surface area contributed by atoms with Gasteiger partial charge in [0.25, 0.3) is 0 Å². The topological polar surface area (TPSA) is 59.6 Å². The first-order valence-corrected chi connectivity index (χ1v) is 7.17. The largest absolute Gasteiger partial charge is 0.486 e. The van der Waals surface area contributed by atoms with E-state index in [1.807, 2.05) is 25.1 Å². The summed E-state index contributed by atoms with van der Waals surface area (Å²) in [7, 11) is 0. The predicted molar refractivity (Wildman–Crippen MR) is 82.3 cm³/mol. The van der Waals surface area contributed by atoms with Gasteiger partial charge in [0, 0.05) is 0 Å². The lowest BCUT2D eigenvalue weighted by molar-refractivity contribution is -0.123. The molecule has 1 aromatic rings. The summed E-state index contributed by atoms with van der Waals surface area (Å²) in [5.74, 6) is 1.61. The number of carbonyl (C=O) groups is 1. The van der Waals surface area contributed by atoms with E-state index in [2.05, 4.69) is 10.6 Å². The van der Waals surface area contributed by atoms with E-state index in [1.165, 1.54) is 0 Å². The number of amides is 1. The van der Waals surface area contributed by atoms with Crippen LogP contribution >= 0.6 is 12.4 Å². The molecule has 1 saturated heterocycles. The Balaban J connectivity index is 0.00000161. The lowest BCUT2D eigenvalue weighted by atomic mass is 10.1. The molecule has 116 valence electrons. The molecular weight excluding hydrogens is 292 g/mol. The van der Waals surface area contributed by atoms with Crippen LogP contribution in [0.1, 0.15) is 31.4 Å². The molecule has 21 heavy (non-hydrogen) atoms. The van der Waals surface area contributed by atoms with Crippen LogP contribution in [0.2, 0.25) is 0 Å². The standard InChI is InChI=1S/C15H20N2O3.ClH/c1-10(17-15(18)12-3-2-6-16-12)11-4-5-13-14(9-11)20-8-7-19-13;/h4-5,9-10,12,16H,2-3,6-8H2,1H3,(H,17,18);1H/t10?,12-;/m0./s1. The summed E-state index contributed by atoms with van der Waals surface area (Å²) in [6, 6.07) is 5.73. The zero-order valence-electron chi connectivity index (χ0n) is 12.1. The van der Waals surface area contributed by atoms with E-state index in [-0.39, 0.29) is 30.4 Å². The molecule has 0 aliphatic carbocycles. The van der Waals surface area contributed by atoms with E-state index < -0.39 is 0 Å². The number of nitrogens with one attached hydrogen (secondary N) is 2. The molecule has 2 aliphatic rings. The number of hydrogen-bond donors (Lipinski definition) is 2. The highest BCUT2D eigenvalue weighted by molar-refractivity contribution is 5.85. The Morgan fingerprint density at radius 1 is 1.33 bits per heavy atom. The van der Waals surface area contributed by atoms with Gasteiger partial charge in [0.15, 0.2) is 11.5 Å². The van der Waals surface area contributed by atoms with Crippen LogP contribution in [0.15, 0.2) is 18.2 Å². The van der Waals surface area contributed by atoms with Crippen LogP contribution in [0, 0.1) is 0 Å². The number of ether oxygens (including phenoxy) is 2. The normalized spacial score (nSPS) is 21.3. The van der Waals surface area contributed by atoms with Crippen molar-refractivity contribution in [1.29, 1.82) is 0 Å². The Bertz CT molecular complexity index is 504. The number of rotatable bonds is 3. The zero-order valence-corrected chi connectivity index (χ0v) is 12.9. The molecule has 2 aliphatic heterocycles. The molecule has 1 unspecified atom stereocenters. The molecule has 2 heterocycles. The first-order valence-electron chi connectivity index (χ1n) is 7.17. The van der Waals surface area contributed by atoms with Crippen molar-refractivity contribution in [2.75, 3.05) is 19.8 Å². The third kappa shape index (κ3) is 3.60. The van der Waals surface area contributed by atoms with Gasteiger partial charge in [0.05, 0.1) is 12.1 Å². The Hall–Kier alpha value is -1.46. The van der Waals surface area contributed by atoms with Crippen LogP contribution in [0.4, 0.5) is 0 Å². The zero-order chi connectivity index (χ0) is 13.9. The number of benzene rings is 1. The van der Waals surface area contributed by atoms with Crippen LogP contribution in [-0.4, -0.2) is 31.7 Å². The summed E-state index contributed by atoms with van der Waals surface area (Å²) >= 11 is 0. The second kappa shape index (κ2) is 7.00. The van der Waals surface area contributed by atoms with Gasteiger partial charge in [-0.05, 0) is 44.0 Å². The molecule has 0 spiro atoms. The molecule has 2 atom stereocenters. The average Bonchev–Trinajstić information content (AvgIpc) is 3.01. The minimum atomic E-state index is -0.0466. The maximum atomic E-state index is 12.1. The van der Waals surface area contributed by atoms with E-state index in [1.54, 1.807) is 0 Å². The highest BCUT2D eigenvalue weighted by Crippen LogP contribution is 2.32. The lowest BCUT2D eigenvalue weighted by Gasteiger charge is -2.22. The highest BCUT2D eigenvalue weighted by Gasteiger charge is 2.23. The van der Waals surface area contributed by atoms with E-state index in [9.17, 15) is 4.79 Å². The van der Waals surface area contributed by atoms with E-state index in [0.717, 1.165) is 36.4 Å². The summed E-state index contributed by atoms with van der Waals surface area (Å²) in [6.07, 6.45) is 1.98. The fourth-order valence-electron chi connectivity index (χ4n) is 2.63. The van der Waals surface area contributed by atoms with Gasteiger partial charge in [-0.3, -0.25) is 4.79 Å². The molecule has 6 heteroatoms. The van der Waals surface area contributed by atoms with Gasteiger partial charge < -0.3 is 20.1 Å². The smallest absolute Gasteiger partial charge is 0.237 e. The van der Waals surface area contributed by atoms with Crippen molar-refractivity contribution in [2.24, 2.45) is 0 Å². The first-order chi connectivity index (χ1) is 9.74. The molecule has 0 aromatic heterocycles. The van der Waals surface area contributed by atoms with Crippen LogP contribution < -0.4 is 20.1 Å². The lowest BCUT2D eigenvalue weighted by Crippen LogP contribution is -2.41. The van der Waals surface area contributed by atoms with Crippen molar-refractivity contribution in [1.82, 2.24) is 10.6 Å². The molecule has 0 bridgehead atoms. The SMILES string of the molecule is CC(NC(=O)[C@@H]1CCCN1)c1ccc2c(c1)OCCO2.Cl. The first kappa shape index (κ1) is 15.9. The van der Waals surface area contributed by atoms with E-state index >= 15 is 0 Å². The molecular formula is C15H21ClN2O3. The summed E-state index contributed by atoms with van der Waals surface area (Å²) in [5, 5.41) is 6.25. The second-order valence-corrected chi connectivity index (χ2v) is 5.28. The van der Waals surface area contributed by atoms with Crippen LogP contribution in [-0.2, 0) is 4.79 Å². The van der Waals surface area contributed by atoms with Gasteiger partial charge in [-0.2, -0.15) is 0 Å². The molecule has 1 aromatic carbocycles. The molecule has 1 amide bonds. The number of halogens is 1. The molecule has 0 radical (unpaired) electrons. The number of carbonyl (C=O) groups excluding carboxylic acids is 1. The fraction of sp³-hybridized carbons (Fsp3) is 0.533. The van der Waals surface area contributed by atoms with Gasteiger partial charge >= 0.3 is 0 Å². The maximum absolute atomic E-state index is 12.1. The van der Waals surface area contributed by atoms with E-state index in [4.69, 9.17) is 9.47 Å². The van der Waals surface area contributed by atoms with Crippen LogP contribution in [0.25, 0.3) is 0 Å². The highest BCUT2D eigenvalue weighted by atomic mass is 35.5. The third-order valence-electron chi connectivity index (χ3n) is 3.80. The van der Waals surface area contributed by atoms with Crippen molar-refractivity contribution in [3.8, 4) is 11.5 Å². The molecule has 1 fully saturated rings. The summed E-state index contributed by atoms with van der Waals surface area (Å²) in [6.45, 7) is 4.07. The summed E-state index contributed by atoms with van der Waals surface area (Å²) < 4.78 is 11.1. The van der Waals surface area contributed by atoms with Gasteiger partial charge in [0.2, 0.25) is 5.91 Å². The number of fused-ring (bicyclic) bond motifs is 1. The molecule has 0 saturated carbocycles. The van der Waals surface area contributed by atoms with Crippen LogP contribution in [0.5, 0.6) is 11.5 Å². The second-order valence-electron chi connectivity index (χ2n) is 5.28. The van der Waals surface area contributed by atoms with Crippen LogP contribution in [0.3, 0.4) is 0 Å². The maximum Gasteiger partial charge on any atom is 0.237 e. The Morgan fingerprint density at radius 3 is 2.81 bits per heavy atom. The van der Waals surface area contributed by atoms with Gasteiger partial charge in [0.1, 0.15) is 13.2 Å². The van der Waals surface area contributed by atoms with Gasteiger partial charge in [-0.1, -0.05) is 6.07 Å². The van der Waals surface area contributed by atoms with Crippen molar-refractivity contribution in [3.05, 3.63) is 23.8 Å². The summed E-state index contributed by atoms with van der Waals surface area (Å²) in [4.78, 5) is 12.1. The number of hydrogen-bond acceptors (Lipinski definition) is 4. The van der Waals surface area contributed by atoms with Crippen molar-refractivity contribution < 1.29 is 14.3 Å².